The van der Waals surface area contributed by atoms with Crippen LogP contribution in [-0.4, -0.2) is 20.4 Å². The fourth-order valence-corrected chi connectivity index (χ4v) is 3.30. The molecule has 0 spiro atoms. The summed E-state index contributed by atoms with van der Waals surface area (Å²) < 4.78 is 26.4. The second-order valence-corrected chi connectivity index (χ2v) is 5.88. The molecule has 4 nitrogen and oxygen atoms in total. The molecule has 6 heteroatoms. The number of sulfonamides is 1. The van der Waals surface area contributed by atoms with Crippen LogP contribution in [0.5, 0.6) is 0 Å². The molecule has 0 fully saturated rings. The second kappa shape index (κ2) is 3.30. The normalized spacial score (nSPS) is 12.1. The minimum Gasteiger partial charge on any atom is -0.263 e. The van der Waals surface area contributed by atoms with Crippen LogP contribution in [0.1, 0.15) is 0 Å². The largest absolute Gasteiger partial charge is 0.263 e. The van der Waals surface area contributed by atoms with Crippen LogP contribution in [0.2, 0.25) is 0 Å². The summed E-state index contributed by atoms with van der Waals surface area (Å²) in [5, 5.41) is 0.902. The Hall–Kier alpha value is -0.980. The van der Waals surface area contributed by atoms with Crippen molar-refractivity contribution in [3.05, 3.63) is 24.5 Å². The maximum atomic E-state index is 11.4. The van der Waals surface area contributed by atoms with Crippen molar-refractivity contribution in [3.63, 3.8) is 0 Å². The Kier molecular flexibility index (Phi) is 2.26. The van der Waals surface area contributed by atoms with Gasteiger partial charge in [0, 0.05) is 12.4 Å². The standard InChI is InChI=1S/C8H8N2O2S2/c1-9-14(11,12)8-4-6-2-3-10-5-7(6)13-8/h2-5,9H,1H3. The van der Waals surface area contributed by atoms with Gasteiger partial charge in [0.15, 0.2) is 0 Å². The molecule has 0 bridgehead atoms. The zero-order valence-corrected chi connectivity index (χ0v) is 9.02. The third-order valence-corrected chi connectivity index (χ3v) is 4.81. The molecule has 2 aromatic rings. The number of hydrogen-bond donors (Lipinski definition) is 1. The van der Waals surface area contributed by atoms with Crippen molar-refractivity contribution >= 4 is 31.4 Å². The number of rotatable bonds is 2. The average Bonchev–Trinajstić information content (AvgIpc) is 2.61. The van der Waals surface area contributed by atoms with Gasteiger partial charge in [-0.05, 0) is 24.6 Å². The molecule has 0 saturated carbocycles. The first-order valence-electron chi connectivity index (χ1n) is 3.90. The van der Waals surface area contributed by atoms with Crippen LogP contribution >= 0.6 is 11.3 Å². The zero-order valence-electron chi connectivity index (χ0n) is 7.39. The molecule has 0 aromatic carbocycles. The van der Waals surface area contributed by atoms with Gasteiger partial charge in [-0.15, -0.1) is 11.3 Å². The van der Waals surface area contributed by atoms with Crippen LogP contribution < -0.4 is 4.72 Å². The van der Waals surface area contributed by atoms with Crippen molar-refractivity contribution in [1.29, 1.82) is 0 Å². The predicted molar refractivity (Wildman–Crippen MR) is 55.9 cm³/mol. The van der Waals surface area contributed by atoms with Crippen LogP contribution in [0.15, 0.2) is 28.7 Å². The summed E-state index contributed by atoms with van der Waals surface area (Å²) in [6.07, 6.45) is 3.31. The molecule has 0 saturated heterocycles. The highest BCUT2D eigenvalue weighted by Gasteiger charge is 2.14. The number of fused-ring (bicyclic) bond motifs is 1. The molecule has 0 aliphatic heterocycles. The van der Waals surface area contributed by atoms with E-state index in [4.69, 9.17) is 0 Å². The Morgan fingerprint density at radius 3 is 2.93 bits per heavy atom. The van der Waals surface area contributed by atoms with E-state index in [1.165, 1.54) is 18.4 Å². The lowest BCUT2D eigenvalue weighted by molar-refractivity contribution is 0.590. The second-order valence-electron chi connectivity index (χ2n) is 2.69. The van der Waals surface area contributed by atoms with Crippen molar-refractivity contribution in [2.45, 2.75) is 4.21 Å². The topological polar surface area (TPSA) is 59.1 Å². The minimum absolute atomic E-state index is 0.322. The maximum absolute atomic E-state index is 11.4. The first kappa shape index (κ1) is 9.57. The minimum atomic E-state index is -3.32. The molecule has 0 amide bonds. The Morgan fingerprint density at radius 1 is 1.50 bits per heavy atom. The Bertz CT molecular complexity index is 526. The number of aromatic nitrogens is 1. The summed E-state index contributed by atoms with van der Waals surface area (Å²) in [5.41, 5.74) is 0. The smallest absolute Gasteiger partial charge is 0.249 e. The average molecular weight is 228 g/mol. The van der Waals surface area contributed by atoms with Gasteiger partial charge in [0.05, 0.1) is 4.70 Å². The first-order chi connectivity index (χ1) is 6.63. The highest BCUT2D eigenvalue weighted by molar-refractivity contribution is 7.91. The number of hydrogen-bond acceptors (Lipinski definition) is 4. The van der Waals surface area contributed by atoms with Gasteiger partial charge in [-0.3, -0.25) is 4.98 Å². The lowest BCUT2D eigenvalue weighted by Gasteiger charge is -1.95. The summed E-state index contributed by atoms with van der Waals surface area (Å²) in [5.74, 6) is 0. The van der Waals surface area contributed by atoms with Gasteiger partial charge in [-0.2, -0.15) is 0 Å². The number of nitrogens with one attached hydrogen (secondary N) is 1. The van der Waals surface area contributed by atoms with Crippen LogP contribution in [-0.2, 0) is 10.0 Å². The van der Waals surface area contributed by atoms with Gasteiger partial charge in [-0.25, -0.2) is 13.1 Å². The summed E-state index contributed by atoms with van der Waals surface area (Å²) >= 11 is 1.22. The number of pyridine rings is 1. The predicted octanol–water partition coefficient (Wildman–Crippen LogP) is 1.20. The fourth-order valence-electron chi connectivity index (χ4n) is 1.09. The SMILES string of the molecule is CNS(=O)(=O)c1cc2ccncc2s1. The van der Waals surface area contributed by atoms with E-state index in [9.17, 15) is 8.42 Å². The van der Waals surface area contributed by atoms with Crippen molar-refractivity contribution in [1.82, 2.24) is 9.71 Å². The lowest BCUT2D eigenvalue weighted by atomic mass is 10.3. The third-order valence-electron chi connectivity index (χ3n) is 1.83. The Balaban J connectivity index is 2.67. The van der Waals surface area contributed by atoms with Crippen molar-refractivity contribution in [2.75, 3.05) is 7.05 Å². The monoisotopic (exact) mass is 228 g/mol. The molecule has 2 rings (SSSR count). The highest BCUT2D eigenvalue weighted by Crippen LogP contribution is 2.27. The summed E-state index contributed by atoms with van der Waals surface area (Å²) in [4.78, 5) is 3.93. The molecular formula is C8H8N2O2S2. The molecule has 1 N–H and O–H groups in total. The molecule has 2 heterocycles. The van der Waals surface area contributed by atoms with E-state index < -0.39 is 10.0 Å². The molecule has 0 aliphatic carbocycles. The van der Waals surface area contributed by atoms with Gasteiger partial charge in [0.2, 0.25) is 10.0 Å². The van der Waals surface area contributed by atoms with Gasteiger partial charge in [0.25, 0.3) is 0 Å². The quantitative estimate of drug-likeness (QED) is 0.840. The molecule has 0 radical (unpaired) electrons. The van der Waals surface area contributed by atoms with Crippen LogP contribution in [0.4, 0.5) is 0 Å². The fraction of sp³-hybridized carbons (Fsp3) is 0.125. The van der Waals surface area contributed by atoms with Crippen molar-refractivity contribution in [2.24, 2.45) is 0 Å². The van der Waals surface area contributed by atoms with Crippen LogP contribution in [0.25, 0.3) is 10.1 Å². The molecule has 0 aliphatic rings. The van der Waals surface area contributed by atoms with E-state index in [1.807, 2.05) is 0 Å². The van der Waals surface area contributed by atoms with E-state index in [2.05, 4.69) is 9.71 Å². The van der Waals surface area contributed by atoms with Gasteiger partial charge in [-0.1, -0.05) is 0 Å². The summed E-state index contributed by atoms with van der Waals surface area (Å²) in [7, 11) is -1.92. The zero-order chi connectivity index (χ0) is 10.2. The van der Waals surface area contributed by atoms with E-state index in [-0.39, 0.29) is 0 Å². The maximum Gasteiger partial charge on any atom is 0.249 e. The Labute approximate surface area is 85.6 Å². The van der Waals surface area contributed by atoms with Crippen molar-refractivity contribution < 1.29 is 8.42 Å². The molecule has 0 unspecified atom stereocenters. The molecule has 2 aromatic heterocycles. The Morgan fingerprint density at radius 2 is 2.29 bits per heavy atom. The molecule has 0 atom stereocenters. The molecule has 14 heavy (non-hydrogen) atoms. The van der Waals surface area contributed by atoms with Crippen LogP contribution in [0.3, 0.4) is 0 Å². The highest BCUT2D eigenvalue weighted by atomic mass is 32.2. The molecule has 74 valence electrons. The van der Waals surface area contributed by atoms with Crippen molar-refractivity contribution in [3.8, 4) is 0 Å². The summed E-state index contributed by atoms with van der Waals surface area (Å²) in [6, 6.07) is 3.44. The van der Waals surface area contributed by atoms with Gasteiger partial charge in [0.1, 0.15) is 4.21 Å². The molecular weight excluding hydrogens is 220 g/mol. The van der Waals surface area contributed by atoms with E-state index in [0.717, 1.165) is 10.1 Å². The summed E-state index contributed by atoms with van der Waals surface area (Å²) in [6.45, 7) is 0. The van der Waals surface area contributed by atoms with Crippen LogP contribution in [0, 0.1) is 0 Å². The number of nitrogens with zero attached hydrogens (tertiary/aromatic N) is 1. The third kappa shape index (κ3) is 1.52. The van der Waals surface area contributed by atoms with Gasteiger partial charge >= 0.3 is 0 Å². The van der Waals surface area contributed by atoms with E-state index in [0.29, 0.717) is 4.21 Å². The van der Waals surface area contributed by atoms with E-state index >= 15 is 0 Å². The van der Waals surface area contributed by atoms with Gasteiger partial charge < -0.3 is 0 Å². The lowest BCUT2D eigenvalue weighted by Crippen LogP contribution is -2.17. The first-order valence-corrected chi connectivity index (χ1v) is 6.20. The van der Waals surface area contributed by atoms with E-state index in [1.54, 1.807) is 24.5 Å². The number of thiophene rings is 1.